The third kappa shape index (κ3) is 3.38. The van der Waals surface area contributed by atoms with Crippen LogP contribution in [0.3, 0.4) is 0 Å². The summed E-state index contributed by atoms with van der Waals surface area (Å²) in [6.45, 7) is 0.0967. The topological polar surface area (TPSA) is 92.9 Å². The van der Waals surface area contributed by atoms with Gasteiger partial charge in [0.1, 0.15) is 17.3 Å². The molecule has 1 unspecified atom stereocenters. The summed E-state index contributed by atoms with van der Waals surface area (Å²) in [5.41, 5.74) is 1.07. The second kappa shape index (κ2) is 7.63. The molecule has 4 rings (SSSR count). The number of aliphatic hydroxyl groups is 1. The summed E-state index contributed by atoms with van der Waals surface area (Å²) in [5.74, 6) is -0.649. The number of pyridine rings is 1. The Morgan fingerprint density at radius 3 is 2.66 bits per heavy atom. The lowest BCUT2D eigenvalue weighted by Gasteiger charge is -2.24. The zero-order valence-electron chi connectivity index (χ0n) is 15.6. The van der Waals surface area contributed by atoms with Gasteiger partial charge in [-0.1, -0.05) is 12.1 Å². The van der Waals surface area contributed by atoms with Gasteiger partial charge in [-0.2, -0.15) is 0 Å². The lowest BCUT2D eigenvalue weighted by atomic mass is 9.96. The SMILES string of the molecule is COc1cccc(/C(O)=C2\C(=O)C(=O)N(Cc3ccco3)C2c2ccncc2)c1. The number of likely N-dealkylation sites (tertiary alicyclic amines) is 1. The van der Waals surface area contributed by atoms with Gasteiger partial charge in [0.2, 0.25) is 0 Å². The summed E-state index contributed by atoms with van der Waals surface area (Å²) in [6.07, 6.45) is 4.66. The Labute approximate surface area is 166 Å². The normalized spacial score (nSPS) is 18.2. The number of ether oxygens (including phenoxy) is 1. The van der Waals surface area contributed by atoms with Gasteiger partial charge in [0.15, 0.2) is 0 Å². The maximum Gasteiger partial charge on any atom is 0.296 e. The number of hydrogen-bond donors (Lipinski definition) is 1. The van der Waals surface area contributed by atoms with Crippen LogP contribution >= 0.6 is 0 Å². The fraction of sp³-hybridized carbons (Fsp3) is 0.136. The standard InChI is InChI=1S/C22H18N2O5/c1-28-16-5-2-4-15(12-16)20(25)18-19(14-7-9-23-10-8-14)24(22(27)21(18)26)13-17-6-3-11-29-17/h2-12,19,25H,13H2,1H3/b20-18+. The fourth-order valence-corrected chi connectivity index (χ4v) is 3.43. The lowest BCUT2D eigenvalue weighted by molar-refractivity contribution is -0.140. The molecule has 3 aromatic rings. The van der Waals surface area contributed by atoms with E-state index in [4.69, 9.17) is 9.15 Å². The van der Waals surface area contributed by atoms with Crippen molar-refractivity contribution >= 4 is 17.4 Å². The van der Waals surface area contributed by atoms with E-state index in [-0.39, 0.29) is 17.9 Å². The van der Waals surface area contributed by atoms with E-state index in [0.717, 1.165) is 0 Å². The number of aliphatic hydroxyl groups excluding tert-OH is 1. The molecular weight excluding hydrogens is 372 g/mol. The molecule has 7 heteroatoms. The predicted molar refractivity (Wildman–Crippen MR) is 104 cm³/mol. The Balaban J connectivity index is 1.86. The van der Waals surface area contributed by atoms with Crippen LogP contribution in [0.2, 0.25) is 0 Å². The third-order valence-corrected chi connectivity index (χ3v) is 4.81. The van der Waals surface area contributed by atoms with Crippen molar-refractivity contribution in [2.24, 2.45) is 0 Å². The second-order valence-corrected chi connectivity index (χ2v) is 6.52. The molecule has 0 bridgehead atoms. The Bertz CT molecular complexity index is 1070. The highest BCUT2D eigenvalue weighted by Gasteiger charge is 2.46. The Kier molecular flexibility index (Phi) is 4.87. The highest BCUT2D eigenvalue weighted by Crippen LogP contribution is 2.40. The van der Waals surface area contributed by atoms with E-state index >= 15 is 0 Å². The number of methoxy groups -OCH3 is 1. The van der Waals surface area contributed by atoms with E-state index < -0.39 is 17.7 Å². The maximum atomic E-state index is 12.9. The van der Waals surface area contributed by atoms with E-state index in [9.17, 15) is 14.7 Å². The minimum absolute atomic E-state index is 0.0148. The van der Waals surface area contributed by atoms with Gasteiger partial charge in [-0.25, -0.2) is 0 Å². The Morgan fingerprint density at radius 2 is 1.97 bits per heavy atom. The molecule has 0 spiro atoms. The number of rotatable bonds is 5. The average molecular weight is 390 g/mol. The molecular formula is C22H18N2O5. The summed E-state index contributed by atoms with van der Waals surface area (Å²) in [6, 6.07) is 12.8. The third-order valence-electron chi connectivity index (χ3n) is 4.81. The van der Waals surface area contributed by atoms with E-state index in [2.05, 4.69) is 4.98 Å². The maximum absolute atomic E-state index is 12.9. The van der Waals surface area contributed by atoms with E-state index in [1.165, 1.54) is 18.3 Å². The number of hydrogen-bond acceptors (Lipinski definition) is 6. The van der Waals surface area contributed by atoms with Crippen LogP contribution in [0.5, 0.6) is 5.75 Å². The molecule has 1 fully saturated rings. The molecule has 3 heterocycles. The van der Waals surface area contributed by atoms with Crippen molar-refractivity contribution in [1.29, 1.82) is 0 Å². The molecule has 1 amide bonds. The molecule has 1 aliphatic heterocycles. The number of benzene rings is 1. The van der Waals surface area contributed by atoms with Gasteiger partial charge in [-0.3, -0.25) is 14.6 Å². The number of aromatic nitrogens is 1. The summed E-state index contributed by atoms with van der Waals surface area (Å²) < 4.78 is 10.6. The molecule has 1 atom stereocenters. The fourth-order valence-electron chi connectivity index (χ4n) is 3.43. The lowest BCUT2D eigenvalue weighted by Crippen LogP contribution is -2.29. The second-order valence-electron chi connectivity index (χ2n) is 6.52. The van der Waals surface area contributed by atoms with Crippen LogP contribution in [0.15, 0.2) is 77.2 Å². The zero-order valence-corrected chi connectivity index (χ0v) is 15.6. The molecule has 0 saturated carbocycles. The summed E-state index contributed by atoms with van der Waals surface area (Å²) in [5, 5.41) is 11.0. The minimum atomic E-state index is -0.769. The van der Waals surface area contributed by atoms with Crippen LogP contribution < -0.4 is 4.74 Å². The van der Waals surface area contributed by atoms with Gasteiger partial charge in [0, 0.05) is 18.0 Å². The summed E-state index contributed by atoms with van der Waals surface area (Å²) in [4.78, 5) is 31.1. The molecule has 1 saturated heterocycles. The first-order valence-corrected chi connectivity index (χ1v) is 8.95. The van der Waals surface area contributed by atoms with Gasteiger partial charge < -0.3 is 19.2 Å². The molecule has 1 aliphatic rings. The van der Waals surface area contributed by atoms with E-state index in [1.807, 2.05) is 0 Å². The molecule has 1 N–H and O–H groups in total. The first kappa shape index (κ1) is 18.5. The highest BCUT2D eigenvalue weighted by atomic mass is 16.5. The summed E-state index contributed by atoms with van der Waals surface area (Å²) >= 11 is 0. The van der Waals surface area contributed by atoms with Gasteiger partial charge in [0.25, 0.3) is 11.7 Å². The molecule has 0 radical (unpaired) electrons. The minimum Gasteiger partial charge on any atom is -0.507 e. The molecule has 29 heavy (non-hydrogen) atoms. The van der Waals surface area contributed by atoms with Crippen LogP contribution in [0.1, 0.15) is 22.9 Å². The van der Waals surface area contributed by atoms with Crippen molar-refractivity contribution in [2.45, 2.75) is 12.6 Å². The van der Waals surface area contributed by atoms with Gasteiger partial charge in [0.05, 0.1) is 31.5 Å². The quantitative estimate of drug-likeness (QED) is 0.408. The van der Waals surface area contributed by atoms with Crippen LogP contribution in [0, 0.1) is 0 Å². The largest absolute Gasteiger partial charge is 0.507 e. The van der Waals surface area contributed by atoms with Crippen LogP contribution in [0.25, 0.3) is 5.76 Å². The van der Waals surface area contributed by atoms with Crippen LogP contribution in [0.4, 0.5) is 0 Å². The molecule has 0 aliphatic carbocycles. The number of carbonyl (C=O) groups excluding carboxylic acids is 2. The van der Waals surface area contributed by atoms with Crippen molar-refractivity contribution in [2.75, 3.05) is 7.11 Å². The zero-order chi connectivity index (χ0) is 20.4. The van der Waals surface area contributed by atoms with Crippen LogP contribution in [-0.2, 0) is 16.1 Å². The predicted octanol–water partition coefficient (Wildman–Crippen LogP) is 3.31. The smallest absolute Gasteiger partial charge is 0.296 e. The number of nitrogens with zero attached hydrogens (tertiary/aromatic N) is 2. The highest BCUT2D eigenvalue weighted by molar-refractivity contribution is 6.46. The van der Waals surface area contributed by atoms with Crippen LogP contribution in [-0.4, -0.2) is 33.8 Å². The van der Waals surface area contributed by atoms with Gasteiger partial charge >= 0.3 is 0 Å². The number of carbonyl (C=O) groups is 2. The average Bonchev–Trinajstić information content (AvgIpc) is 3.36. The summed E-state index contributed by atoms with van der Waals surface area (Å²) in [7, 11) is 1.51. The number of ketones is 1. The van der Waals surface area contributed by atoms with Crippen molar-refractivity contribution in [1.82, 2.24) is 9.88 Å². The Hall–Kier alpha value is -3.87. The van der Waals surface area contributed by atoms with Gasteiger partial charge in [-0.05, 0) is 42.0 Å². The van der Waals surface area contributed by atoms with Crippen molar-refractivity contribution < 1.29 is 23.8 Å². The van der Waals surface area contributed by atoms with Gasteiger partial charge in [-0.15, -0.1) is 0 Å². The van der Waals surface area contributed by atoms with Crippen molar-refractivity contribution in [3.05, 3.63) is 89.6 Å². The molecule has 1 aromatic carbocycles. The monoisotopic (exact) mass is 390 g/mol. The first-order valence-electron chi connectivity index (χ1n) is 8.95. The molecule has 7 nitrogen and oxygen atoms in total. The molecule has 2 aromatic heterocycles. The van der Waals surface area contributed by atoms with E-state index in [1.54, 1.807) is 60.9 Å². The molecule has 146 valence electrons. The van der Waals surface area contributed by atoms with Crippen molar-refractivity contribution in [3.8, 4) is 5.75 Å². The Morgan fingerprint density at radius 1 is 1.17 bits per heavy atom. The number of furan rings is 1. The number of Topliss-reactive ketones (excluding diaryl/α,β-unsaturated/α-hetero) is 1. The number of amides is 1. The van der Waals surface area contributed by atoms with Crippen molar-refractivity contribution in [3.63, 3.8) is 0 Å². The first-order chi connectivity index (χ1) is 14.1. The van der Waals surface area contributed by atoms with E-state index in [0.29, 0.717) is 22.6 Å².